The van der Waals surface area contributed by atoms with E-state index in [0.717, 1.165) is 11.8 Å². The molecule has 1 heterocycles. The number of nitrogens with zero attached hydrogens (tertiary/aromatic N) is 3. The number of nitrogens with two attached hydrogens (primary N) is 1. The lowest BCUT2D eigenvalue weighted by Gasteiger charge is -2.08. The van der Waals surface area contributed by atoms with Crippen molar-refractivity contribution in [1.82, 2.24) is 9.97 Å². The van der Waals surface area contributed by atoms with Crippen LogP contribution in [-0.4, -0.2) is 28.3 Å². The number of alkyl halides is 3. The van der Waals surface area contributed by atoms with Gasteiger partial charge >= 0.3 is 6.18 Å². The van der Waals surface area contributed by atoms with E-state index in [1.807, 2.05) is 0 Å². The maximum atomic E-state index is 12.5. The number of hydrogen-bond donors (Lipinski definition) is 2. The molecule has 6 nitrogen and oxygen atoms in total. The maximum absolute atomic E-state index is 12.5. The van der Waals surface area contributed by atoms with E-state index in [9.17, 15) is 18.0 Å². The molecule has 1 rings (SSSR count). The standard InChI is InChI=1S/C8H7ClF3N5OS/c1-14-17-3(13)2-19-7-15-5(8(10,11)12)4(9)6(18)16-7/h1-2H2,(H2,13,17)(H,15,16,18). The summed E-state index contributed by atoms with van der Waals surface area (Å²) in [6.07, 6.45) is -4.82. The number of halogens is 4. The van der Waals surface area contributed by atoms with Crippen LogP contribution in [0.15, 0.2) is 20.2 Å². The second-order valence-electron chi connectivity index (χ2n) is 3.05. The molecule has 0 unspecified atom stereocenters. The third-order valence-electron chi connectivity index (χ3n) is 1.67. The minimum atomic E-state index is -4.82. The van der Waals surface area contributed by atoms with Gasteiger partial charge in [-0.15, -0.1) is 5.10 Å². The summed E-state index contributed by atoms with van der Waals surface area (Å²) in [4.78, 5) is 16.6. The second-order valence-corrected chi connectivity index (χ2v) is 4.39. The van der Waals surface area contributed by atoms with Gasteiger partial charge in [0.2, 0.25) is 0 Å². The molecule has 3 N–H and O–H groups in total. The predicted octanol–water partition coefficient (Wildman–Crippen LogP) is 1.51. The van der Waals surface area contributed by atoms with Crippen LogP contribution in [0.3, 0.4) is 0 Å². The number of aromatic nitrogens is 2. The fourth-order valence-corrected chi connectivity index (χ4v) is 1.82. The van der Waals surface area contributed by atoms with Crippen molar-refractivity contribution in [2.24, 2.45) is 15.9 Å². The van der Waals surface area contributed by atoms with Crippen LogP contribution in [0.25, 0.3) is 0 Å². The van der Waals surface area contributed by atoms with Gasteiger partial charge in [-0.25, -0.2) is 4.98 Å². The summed E-state index contributed by atoms with van der Waals surface area (Å²) in [5.74, 6) is 0.00658. The molecule has 0 bridgehead atoms. The van der Waals surface area contributed by atoms with Crippen molar-refractivity contribution in [2.75, 3.05) is 5.75 Å². The van der Waals surface area contributed by atoms with E-state index in [-0.39, 0.29) is 16.7 Å². The number of aromatic amines is 1. The highest BCUT2D eigenvalue weighted by Crippen LogP contribution is 2.32. The Morgan fingerprint density at radius 1 is 1.58 bits per heavy atom. The lowest BCUT2D eigenvalue weighted by atomic mass is 10.4. The molecule has 0 aliphatic rings. The van der Waals surface area contributed by atoms with Gasteiger partial charge in [0.1, 0.15) is 10.9 Å². The fraction of sp³-hybridized carbons (Fsp3) is 0.250. The molecule has 104 valence electrons. The molecular formula is C8H7ClF3N5OS. The van der Waals surface area contributed by atoms with Gasteiger partial charge in [-0.1, -0.05) is 23.4 Å². The average molecular weight is 314 g/mol. The Kier molecular flexibility index (Phi) is 4.95. The van der Waals surface area contributed by atoms with Gasteiger partial charge in [-0.2, -0.15) is 18.3 Å². The molecule has 0 saturated heterocycles. The molecule has 0 aliphatic heterocycles. The van der Waals surface area contributed by atoms with Crippen molar-refractivity contribution in [3.8, 4) is 0 Å². The molecule has 0 aliphatic carbocycles. The van der Waals surface area contributed by atoms with Gasteiger partial charge in [0, 0.05) is 6.72 Å². The first kappa shape index (κ1) is 15.5. The van der Waals surface area contributed by atoms with Crippen molar-refractivity contribution >= 4 is 35.9 Å². The fourth-order valence-electron chi connectivity index (χ4n) is 0.956. The van der Waals surface area contributed by atoms with E-state index >= 15 is 0 Å². The molecule has 19 heavy (non-hydrogen) atoms. The van der Waals surface area contributed by atoms with E-state index in [0.29, 0.717) is 0 Å². The molecule has 0 radical (unpaired) electrons. The van der Waals surface area contributed by atoms with Gasteiger partial charge < -0.3 is 10.7 Å². The van der Waals surface area contributed by atoms with E-state index in [1.54, 1.807) is 0 Å². The normalized spacial score (nSPS) is 12.5. The lowest BCUT2D eigenvalue weighted by Crippen LogP contribution is -2.20. The van der Waals surface area contributed by atoms with Crippen molar-refractivity contribution < 1.29 is 13.2 Å². The molecule has 0 fully saturated rings. The Morgan fingerprint density at radius 2 is 2.21 bits per heavy atom. The summed E-state index contributed by atoms with van der Waals surface area (Å²) in [6, 6.07) is 0. The van der Waals surface area contributed by atoms with Crippen molar-refractivity contribution in [2.45, 2.75) is 11.3 Å². The topological polar surface area (TPSA) is 96.5 Å². The number of amidine groups is 1. The summed E-state index contributed by atoms with van der Waals surface area (Å²) in [6.45, 7) is 3.06. The Morgan fingerprint density at radius 3 is 2.74 bits per heavy atom. The van der Waals surface area contributed by atoms with Crippen LogP contribution in [0.2, 0.25) is 5.02 Å². The lowest BCUT2D eigenvalue weighted by molar-refractivity contribution is -0.141. The average Bonchev–Trinajstić information content (AvgIpc) is 2.29. The Bertz CT molecular complexity index is 570. The Balaban J connectivity index is 3.05. The van der Waals surface area contributed by atoms with Gasteiger partial charge in [0.25, 0.3) is 5.56 Å². The third kappa shape index (κ3) is 4.24. The maximum Gasteiger partial charge on any atom is 0.435 e. The first-order valence-electron chi connectivity index (χ1n) is 4.53. The molecular weight excluding hydrogens is 307 g/mol. The van der Waals surface area contributed by atoms with Crippen molar-refractivity contribution in [3.05, 3.63) is 21.1 Å². The minimum absolute atomic E-state index is 0.0130. The highest BCUT2D eigenvalue weighted by atomic mass is 35.5. The Hall–Kier alpha value is -1.55. The number of hydrogen-bond acceptors (Lipinski definition) is 5. The molecule has 0 atom stereocenters. The van der Waals surface area contributed by atoms with Crippen LogP contribution in [-0.2, 0) is 6.18 Å². The first-order chi connectivity index (χ1) is 8.75. The summed E-state index contributed by atoms with van der Waals surface area (Å²) < 4.78 is 37.6. The number of thioether (sulfide) groups is 1. The van der Waals surface area contributed by atoms with Crippen LogP contribution < -0.4 is 11.3 Å². The molecule has 0 amide bonds. The molecule has 1 aromatic rings. The summed E-state index contributed by atoms with van der Waals surface area (Å²) in [7, 11) is 0. The Labute approximate surface area is 114 Å². The second kappa shape index (κ2) is 6.06. The predicted molar refractivity (Wildman–Crippen MR) is 66.8 cm³/mol. The van der Waals surface area contributed by atoms with Gasteiger partial charge in [0.15, 0.2) is 10.9 Å². The van der Waals surface area contributed by atoms with Gasteiger partial charge in [-0.3, -0.25) is 4.79 Å². The first-order valence-corrected chi connectivity index (χ1v) is 5.90. The number of nitrogens with one attached hydrogen (secondary N) is 1. The summed E-state index contributed by atoms with van der Waals surface area (Å²) in [5.41, 5.74) is 2.82. The van der Waals surface area contributed by atoms with Crippen LogP contribution in [0, 0.1) is 0 Å². The summed E-state index contributed by atoms with van der Waals surface area (Å²) in [5, 5.41) is 5.23. The van der Waals surface area contributed by atoms with E-state index in [1.165, 1.54) is 0 Å². The molecule has 0 saturated carbocycles. The van der Waals surface area contributed by atoms with Crippen LogP contribution >= 0.6 is 23.4 Å². The van der Waals surface area contributed by atoms with Crippen LogP contribution in [0.4, 0.5) is 13.2 Å². The zero-order valence-corrected chi connectivity index (χ0v) is 10.7. The third-order valence-corrected chi connectivity index (χ3v) is 2.92. The molecule has 1 aromatic heterocycles. The van der Waals surface area contributed by atoms with Crippen molar-refractivity contribution in [3.63, 3.8) is 0 Å². The van der Waals surface area contributed by atoms with Crippen LogP contribution in [0.5, 0.6) is 0 Å². The minimum Gasteiger partial charge on any atom is -0.385 e. The highest BCUT2D eigenvalue weighted by Gasteiger charge is 2.37. The number of rotatable bonds is 4. The summed E-state index contributed by atoms with van der Waals surface area (Å²) >= 11 is 6.01. The largest absolute Gasteiger partial charge is 0.435 e. The quantitative estimate of drug-likeness (QED) is 0.289. The van der Waals surface area contributed by atoms with Crippen molar-refractivity contribution in [1.29, 1.82) is 0 Å². The van der Waals surface area contributed by atoms with E-state index < -0.39 is 22.5 Å². The zero-order chi connectivity index (χ0) is 14.6. The van der Waals surface area contributed by atoms with Gasteiger partial charge in [-0.05, 0) is 0 Å². The highest BCUT2D eigenvalue weighted by molar-refractivity contribution is 7.99. The van der Waals surface area contributed by atoms with Gasteiger partial charge in [0.05, 0.1) is 5.75 Å². The molecule has 0 aromatic carbocycles. The zero-order valence-electron chi connectivity index (χ0n) is 9.16. The smallest absolute Gasteiger partial charge is 0.385 e. The van der Waals surface area contributed by atoms with E-state index in [4.69, 9.17) is 17.3 Å². The van der Waals surface area contributed by atoms with Crippen LogP contribution in [0.1, 0.15) is 5.69 Å². The molecule has 11 heteroatoms. The number of H-pyrrole nitrogens is 1. The molecule has 0 spiro atoms. The van der Waals surface area contributed by atoms with E-state index in [2.05, 4.69) is 26.9 Å². The monoisotopic (exact) mass is 313 g/mol. The SMILES string of the molecule is C=NN=C(N)CSc1nc(C(F)(F)F)c(Cl)c(=O)[nH]1.